The van der Waals surface area contributed by atoms with Crippen LogP contribution in [0.25, 0.3) is 0 Å². The highest BCUT2D eigenvalue weighted by atomic mass is 32.2. The first-order chi connectivity index (χ1) is 7.88. The van der Waals surface area contributed by atoms with Gasteiger partial charge in [-0.15, -0.1) is 0 Å². The van der Waals surface area contributed by atoms with Crippen molar-refractivity contribution in [1.29, 1.82) is 0 Å². The molecule has 0 aliphatic carbocycles. The highest BCUT2D eigenvalue weighted by molar-refractivity contribution is 8.05. The third-order valence-electron chi connectivity index (χ3n) is 2.42. The minimum atomic E-state index is 0.782. The van der Waals surface area contributed by atoms with Gasteiger partial charge in [0.05, 0.1) is 0 Å². The maximum atomic E-state index is 11.0. The molecule has 0 spiro atoms. The highest BCUT2D eigenvalue weighted by Crippen LogP contribution is 2.49. The van der Waals surface area contributed by atoms with E-state index in [-0.39, 0.29) is 0 Å². The molecule has 0 amide bonds. The zero-order valence-corrected chi connectivity index (χ0v) is 9.98. The van der Waals surface area contributed by atoms with Crippen LogP contribution in [-0.4, -0.2) is 6.29 Å². The minimum absolute atomic E-state index is 0.782. The molecular formula is C13H8OS2. The zero-order chi connectivity index (χ0) is 11.0. The van der Waals surface area contributed by atoms with Gasteiger partial charge >= 0.3 is 0 Å². The molecule has 3 heteroatoms. The van der Waals surface area contributed by atoms with Gasteiger partial charge in [-0.3, -0.25) is 4.79 Å². The number of rotatable bonds is 1. The molecule has 2 aromatic rings. The lowest BCUT2D eigenvalue weighted by Gasteiger charge is -2.18. The Kier molecular flexibility index (Phi) is 2.50. The predicted molar refractivity (Wildman–Crippen MR) is 66.5 cm³/mol. The Labute approximate surface area is 102 Å². The summed E-state index contributed by atoms with van der Waals surface area (Å²) in [6.45, 7) is 0. The summed E-state index contributed by atoms with van der Waals surface area (Å²) in [6.07, 6.45) is 0.931. The Morgan fingerprint density at radius 3 is 2.25 bits per heavy atom. The zero-order valence-electron chi connectivity index (χ0n) is 8.34. The summed E-state index contributed by atoms with van der Waals surface area (Å²) in [7, 11) is 0. The van der Waals surface area contributed by atoms with Crippen molar-refractivity contribution < 1.29 is 4.79 Å². The Bertz CT molecular complexity index is 564. The van der Waals surface area contributed by atoms with Crippen molar-refractivity contribution in [3.8, 4) is 0 Å². The second-order valence-corrected chi connectivity index (χ2v) is 5.58. The topological polar surface area (TPSA) is 17.1 Å². The van der Waals surface area contributed by atoms with Gasteiger partial charge in [-0.25, -0.2) is 0 Å². The Balaban J connectivity index is 2.15. The van der Waals surface area contributed by atoms with E-state index >= 15 is 0 Å². The summed E-state index contributed by atoms with van der Waals surface area (Å²) in [6, 6.07) is 14.1. The predicted octanol–water partition coefficient (Wildman–Crippen LogP) is 4.11. The van der Waals surface area contributed by atoms with Crippen molar-refractivity contribution in [1.82, 2.24) is 0 Å². The van der Waals surface area contributed by atoms with Crippen LogP contribution in [0.4, 0.5) is 0 Å². The Morgan fingerprint density at radius 1 is 0.812 bits per heavy atom. The summed E-state index contributed by atoms with van der Waals surface area (Å²) < 4.78 is 0. The van der Waals surface area contributed by atoms with Crippen LogP contribution < -0.4 is 0 Å². The fraction of sp³-hybridized carbons (Fsp3) is 0. The number of carbonyl (C=O) groups is 1. The fourth-order valence-corrected chi connectivity index (χ4v) is 4.01. The van der Waals surface area contributed by atoms with Gasteiger partial charge < -0.3 is 0 Å². The number of hydrogen-bond donors (Lipinski definition) is 0. The smallest absolute Gasteiger partial charge is 0.151 e. The van der Waals surface area contributed by atoms with Crippen LogP contribution in [0.1, 0.15) is 10.4 Å². The third-order valence-corrected chi connectivity index (χ3v) is 5.05. The molecule has 2 aromatic carbocycles. The second-order valence-electron chi connectivity index (χ2n) is 3.44. The lowest BCUT2D eigenvalue weighted by molar-refractivity contribution is 0.112. The molecule has 0 N–H and O–H groups in total. The van der Waals surface area contributed by atoms with Crippen molar-refractivity contribution >= 4 is 29.8 Å². The van der Waals surface area contributed by atoms with E-state index in [0.29, 0.717) is 0 Å². The molecule has 1 heterocycles. The Morgan fingerprint density at radius 2 is 1.50 bits per heavy atom. The van der Waals surface area contributed by atoms with Gasteiger partial charge in [0.25, 0.3) is 0 Å². The van der Waals surface area contributed by atoms with E-state index in [4.69, 9.17) is 0 Å². The summed E-state index contributed by atoms with van der Waals surface area (Å²) in [5, 5.41) is 0. The van der Waals surface area contributed by atoms with E-state index < -0.39 is 0 Å². The normalized spacial score (nSPS) is 12.8. The first kappa shape index (κ1) is 10.00. The fourth-order valence-electron chi connectivity index (χ4n) is 1.66. The molecule has 78 valence electrons. The highest BCUT2D eigenvalue weighted by Gasteiger charge is 2.18. The van der Waals surface area contributed by atoms with Crippen molar-refractivity contribution in [3.63, 3.8) is 0 Å². The molecule has 0 saturated carbocycles. The van der Waals surface area contributed by atoms with Gasteiger partial charge in [-0.2, -0.15) is 0 Å². The molecule has 1 aliphatic heterocycles. The van der Waals surface area contributed by atoms with E-state index in [1.165, 1.54) is 14.7 Å². The van der Waals surface area contributed by atoms with Gasteiger partial charge in [0, 0.05) is 25.1 Å². The number of benzene rings is 2. The molecule has 1 nitrogen and oxygen atoms in total. The SMILES string of the molecule is O=Cc1cccc2c1Sc1ccccc1S2. The summed E-state index contributed by atoms with van der Waals surface area (Å²) >= 11 is 3.41. The molecule has 0 atom stereocenters. The van der Waals surface area contributed by atoms with E-state index in [1.54, 1.807) is 23.5 Å². The lowest BCUT2D eigenvalue weighted by atomic mass is 10.2. The summed E-state index contributed by atoms with van der Waals surface area (Å²) in [5.74, 6) is 0. The van der Waals surface area contributed by atoms with E-state index in [0.717, 1.165) is 16.7 Å². The number of carbonyl (C=O) groups excluding carboxylic acids is 1. The van der Waals surface area contributed by atoms with E-state index in [9.17, 15) is 4.79 Å². The molecule has 0 bridgehead atoms. The van der Waals surface area contributed by atoms with E-state index in [1.807, 2.05) is 24.3 Å². The number of hydrogen-bond acceptors (Lipinski definition) is 3. The van der Waals surface area contributed by atoms with Crippen LogP contribution >= 0.6 is 23.5 Å². The molecule has 0 fully saturated rings. The van der Waals surface area contributed by atoms with Gasteiger partial charge in [-0.05, 0) is 18.2 Å². The second kappa shape index (κ2) is 4.00. The van der Waals surface area contributed by atoms with Gasteiger partial charge in [0.1, 0.15) is 0 Å². The first-order valence-electron chi connectivity index (χ1n) is 4.91. The van der Waals surface area contributed by atoms with Gasteiger partial charge in [0.15, 0.2) is 6.29 Å². The van der Waals surface area contributed by atoms with Gasteiger partial charge in [0.2, 0.25) is 0 Å². The van der Waals surface area contributed by atoms with Crippen molar-refractivity contribution in [2.45, 2.75) is 19.6 Å². The molecule has 0 unspecified atom stereocenters. The molecule has 0 radical (unpaired) electrons. The monoisotopic (exact) mass is 244 g/mol. The van der Waals surface area contributed by atoms with Crippen LogP contribution in [-0.2, 0) is 0 Å². The molecule has 3 rings (SSSR count). The molecule has 0 saturated heterocycles. The number of aldehydes is 1. The number of fused-ring (bicyclic) bond motifs is 2. The van der Waals surface area contributed by atoms with Crippen LogP contribution in [0.5, 0.6) is 0 Å². The average Bonchev–Trinajstić information content (AvgIpc) is 2.35. The van der Waals surface area contributed by atoms with Crippen molar-refractivity contribution in [2.24, 2.45) is 0 Å². The van der Waals surface area contributed by atoms with Crippen LogP contribution in [0.3, 0.4) is 0 Å². The van der Waals surface area contributed by atoms with Crippen LogP contribution in [0.2, 0.25) is 0 Å². The van der Waals surface area contributed by atoms with Gasteiger partial charge in [-0.1, -0.05) is 47.8 Å². The van der Waals surface area contributed by atoms with Crippen LogP contribution in [0, 0.1) is 0 Å². The minimum Gasteiger partial charge on any atom is -0.298 e. The molecule has 0 aromatic heterocycles. The third kappa shape index (κ3) is 1.56. The largest absolute Gasteiger partial charge is 0.298 e. The Hall–Kier alpha value is -1.19. The molecule has 1 aliphatic rings. The summed E-state index contributed by atoms with van der Waals surface area (Å²) in [5.41, 5.74) is 0.782. The molecular weight excluding hydrogens is 236 g/mol. The molecule has 16 heavy (non-hydrogen) atoms. The quantitative estimate of drug-likeness (QED) is 0.599. The maximum absolute atomic E-state index is 11.0. The van der Waals surface area contributed by atoms with Crippen molar-refractivity contribution in [2.75, 3.05) is 0 Å². The first-order valence-corrected chi connectivity index (χ1v) is 6.55. The standard InChI is InChI=1S/C13H8OS2/c14-8-9-4-3-7-12-13(9)16-11-6-2-1-5-10(11)15-12/h1-8H. The van der Waals surface area contributed by atoms with Crippen molar-refractivity contribution in [3.05, 3.63) is 48.0 Å². The summed E-state index contributed by atoms with van der Waals surface area (Å²) in [4.78, 5) is 15.7. The maximum Gasteiger partial charge on any atom is 0.151 e. The van der Waals surface area contributed by atoms with Crippen LogP contribution in [0.15, 0.2) is 62.0 Å². The lowest BCUT2D eigenvalue weighted by Crippen LogP contribution is -1.93. The van der Waals surface area contributed by atoms with E-state index in [2.05, 4.69) is 18.2 Å². The average molecular weight is 244 g/mol.